The van der Waals surface area contributed by atoms with Crippen molar-refractivity contribution in [1.82, 2.24) is 14.8 Å². The van der Waals surface area contributed by atoms with E-state index in [1.54, 1.807) is 41.5 Å². The highest BCUT2D eigenvalue weighted by Crippen LogP contribution is 2.23. The number of hydrogen-bond donors (Lipinski definition) is 0. The maximum Gasteiger partial charge on any atom is 0.171 e. The van der Waals surface area contributed by atoms with Crippen LogP contribution in [0.3, 0.4) is 0 Å². The average Bonchev–Trinajstić information content (AvgIpc) is 2.80. The van der Waals surface area contributed by atoms with Crippen LogP contribution in [0.4, 0.5) is 0 Å². The van der Waals surface area contributed by atoms with Crippen LogP contribution in [0.25, 0.3) is 5.82 Å². The topological polar surface area (TPSA) is 47.8 Å². The monoisotopic (exact) mass is 229 g/mol. The van der Waals surface area contributed by atoms with Crippen molar-refractivity contribution in [3.05, 3.63) is 42.4 Å². The van der Waals surface area contributed by atoms with E-state index in [1.165, 1.54) is 0 Å². The van der Waals surface area contributed by atoms with Gasteiger partial charge in [0.15, 0.2) is 11.6 Å². The molecule has 0 aromatic carbocycles. The number of ketones is 1. The van der Waals surface area contributed by atoms with Crippen LogP contribution in [0.1, 0.15) is 31.1 Å². The zero-order valence-corrected chi connectivity index (χ0v) is 10.2. The summed E-state index contributed by atoms with van der Waals surface area (Å²) in [6, 6.07) is 5.36. The summed E-state index contributed by atoms with van der Waals surface area (Å²) in [6.45, 7) is 5.69. The van der Waals surface area contributed by atoms with Gasteiger partial charge in [-0.25, -0.2) is 9.67 Å². The third kappa shape index (κ3) is 2.25. The molecule has 0 aliphatic carbocycles. The Kier molecular flexibility index (Phi) is 2.79. The Morgan fingerprint density at radius 2 is 2.00 bits per heavy atom. The Bertz CT molecular complexity index is 524. The molecule has 2 heterocycles. The van der Waals surface area contributed by atoms with Crippen LogP contribution in [0.2, 0.25) is 0 Å². The molecule has 4 nitrogen and oxygen atoms in total. The van der Waals surface area contributed by atoms with Crippen molar-refractivity contribution >= 4 is 5.78 Å². The fourth-order valence-corrected chi connectivity index (χ4v) is 1.55. The first kappa shape index (κ1) is 11.5. The molecule has 0 radical (unpaired) electrons. The molecular weight excluding hydrogens is 214 g/mol. The molecule has 0 spiro atoms. The van der Waals surface area contributed by atoms with Gasteiger partial charge in [0.25, 0.3) is 0 Å². The number of nitrogens with zero attached hydrogens (tertiary/aromatic N) is 3. The third-order valence-electron chi connectivity index (χ3n) is 2.43. The summed E-state index contributed by atoms with van der Waals surface area (Å²) >= 11 is 0. The van der Waals surface area contributed by atoms with Crippen LogP contribution >= 0.6 is 0 Å². The van der Waals surface area contributed by atoms with Crippen molar-refractivity contribution in [3.63, 3.8) is 0 Å². The molecule has 88 valence electrons. The van der Waals surface area contributed by atoms with Crippen LogP contribution in [0.5, 0.6) is 0 Å². The van der Waals surface area contributed by atoms with Crippen LogP contribution in [-0.4, -0.2) is 20.5 Å². The lowest BCUT2D eigenvalue weighted by atomic mass is 9.87. The lowest BCUT2D eigenvalue weighted by Gasteiger charge is -2.18. The summed E-state index contributed by atoms with van der Waals surface area (Å²) < 4.78 is 1.61. The predicted octanol–water partition coefficient (Wildman–Crippen LogP) is 2.50. The normalized spacial score (nSPS) is 11.5. The van der Waals surface area contributed by atoms with Gasteiger partial charge >= 0.3 is 0 Å². The molecule has 17 heavy (non-hydrogen) atoms. The molecule has 2 aromatic rings. The van der Waals surface area contributed by atoms with Gasteiger partial charge in [-0.2, -0.15) is 5.10 Å². The molecule has 2 aromatic heterocycles. The van der Waals surface area contributed by atoms with Crippen molar-refractivity contribution in [2.24, 2.45) is 5.41 Å². The van der Waals surface area contributed by atoms with Gasteiger partial charge in [0.05, 0.1) is 5.56 Å². The minimum Gasteiger partial charge on any atom is -0.293 e. The molecule has 0 unspecified atom stereocenters. The number of aromatic nitrogens is 3. The van der Waals surface area contributed by atoms with E-state index in [1.807, 2.05) is 20.8 Å². The van der Waals surface area contributed by atoms with Crippen molar-refractivity contribution in [1.29, 1.82) is 0 Å². The number of hydrogen-bond acceptors (Lipinski definition) is 3. The van der Waals surface area contributed by atoms with Crippen molar-refractivity contribution in [2.45, 2.75) is 20.8 Å². The predicted molar refractivity (Wildman–Crippen MR) is 65.1 cm³/mol. The molecule has 2 rings (SSSR count). The number of Topliss-reactive ketones (excluding diaryl/α,β-unsaturated/α-hetero) is 1. The standard InChI is InChI=1S/C13H15N3O/c1-13(2,3)11(17)10-6-4-7-14-12(10)16-9-5-8-15-16/h4-9H,1-3H3. The van der Waals surface area contributed by atoms with E-state index < -0.39 is 5.41 Å². The van der Waals surface area contributed by atoms with Crippen molar-refractivity contribution < 1.29 is 4.79 Å². The summed E-state index contributed by atoms with van der Waals surface area (Å²) in [4.78, 5) is 16.5. The van der Waals surface area contributed by atoms with Gasteiger partial charge in [0.1, 0.15) is 0 Å². The Morgan fingerprint density at radius 3 is 2.59 bits per heavy atom. The summed E-state index contributed by atoms with van der Waals surface area (Å²) in [7, 11) is 0. The minimum atomic E-state index is -0.426. The molecule has 0 fully saturated rings. The molecule has 0 saturated heterocycles. The second-order valence-corrected chi connectivity index (χ2v) is 4.90. The molecule has 4 heteroatoms. The van der Waals surface area contributed by atoms with E-state index in [4.69, 9.17) is 0 Å². The maximum atomic E-state index is 12.3. The average molecular weight is 229 g/mol. The first-order valence-corrected chi connectivity index (χ1v) is 5.50. The van der Waals surface area contributed by atoms with E-state index in [-0.39, 0.29) is 5.78 Å². The van der Waals surface area contributed by atoms with Crippen molar-refractivity contribution in [2.75, 3.05) is 0 Å². The summed E-state index contributed by atoms with van der Waals surface area (Å²) in [6.07, 6.45) is 5.11. The van der Waals surface area contributed by atoms with E-state index >= 15 is 0 Å². The fraction of sp³-hybridized carbons (Fsp3) is 0.308. The fourth-order valence-electron chi connectivity index (χ4n) is 1.55. The Labute approximate surface area is 100 Å². The highest BCUT2D eigenvalue weighted by molar-refractivity contribution is 6.02. The largest absolute Gasteiger partial charge is 0.293 e. The second kappa shape index (κ2) is 4.13. The van der Waals surface area contributed by atoms with Crippen molar-refractivity contribution in [3.8, 4) is 5.82 Å². The number of carbonyl (C=O) groups excluding carboxylic acids is 1. The van der Waals surface area contributed by atoms with Crippen LogP contribution in [0, 0.1) is 5.41 Å². The molecule has 0 N–H and O–H groups in total. The minimum absolute atomic E-state index is 0.0658. The third-order valence-corrected chi connectivity index (χ3v) is 2.43. The summed E-state index contributed by atoms with van der Waals surface area (Å²) in [5.74, 6) is 0.647. The molecule has 0 amide bonds. The van der Waals surface area contributed by atoms with E-state index in [0.29, 0.717) is 11.4 Å². The van der Waals surface area contributed by atoms with Gasteiger partial charge in [-0.3, -0.25) is 4.79 Å². The molecule has 0 saturated carbocycles. The SMILES string of the molecule is CC(C)(C)C(=O)c1cccnc1-n1cccn1. The van der Waals surface area contributed by atoms with Gasteiger partial charge in [-0.15, -0.1) is 0 Å². The Balaban J connectivity index is 2.53. The zero-order valence-electron chi connectivity index (χ0n) is 10.2. The molecule has 0 atom stereocenters. The number of rotatable bonds is 2. The van der Waals surface area contributed by atoms with Gasteiger partial charge in [-0.1, -0.05) is 20.8 Å². The first-order valence-electron chi connectivity index (χ1n) is 5.50. The Hall–Kier alpha value is -1.97. The zero-order chi connectivity index (χ0) is 12.5. The highest BCUT2D eigenvalue weighted by Gasteiger charge is 2.26. The van der Waals surface area contributed by atoms with Gasteiger partial charge < -0.3 is 0 Å². The lowest BCUT2D eigenvalue weighted by Crippen LogP contribution is -2.22. The molecule has 0 aliphatic heterocycles. The molecular formula is C13H15N3O. The molecule has 0 aliphatic rings. The quantitative estimate of drug-likeness (QED) is 0.743. The van der Waals surface area contributed by atoms with Gasteiger partial charge in [-0.05, 0) is 18.2 Å². The van der Waals surface area contributed by atoms with E-state index in [9.17, 15) is 4.79 Å². The van der Waals surface area contributed by atoms with E-state index in [2.05, 4.69) is 10.1 Å². The maximum absolute atomic E-state index is 12.3. The highest BCUT2D eigenvalue weighted by atomic mass is 16.1. The van der Waals surface area contributed by atoms with E-state index in [0.717, 1.165) is 0 Å². The number of pyridine rings is 1. The summed E-state index contributed by atoms with van der Waals surface area (Å²) in [5.41, 5.74) is 0.175. The molecule has 0 bridgehead atoms. The van der Waals surface area contributed by atoms with Gasteiger partial charge in [0, 0.05) is 24.0 Å². The second-order valence-electron chi connectivity index (χ2n) is 4.90. The smallest absolute Gasteiger partial charge is 0.171 e. The van der Waals surface area contributed by atoms with Crippen LogP contribution in [-0.2, 0) is 0 Å². The lowest BCUT2D eigenvalue weighted by molar-refractivity contribution is 0.0858. The van der Waals surface area contributed by atoms with Crippen LogP contribution in [0.15, 0.2) is 36.8 Å². The summed E-state index contributed by atoms with van der Waals surface area (Å²) in [5, 5.41) is 4.11. The van der Waals surface area contributed by atoms with Gasteiger partial charge in [0.2, 0.25) is 0 Å². The van der Waals surface area contributed by atoms with Crippen LogP contribution < -0.4 is 0 Å². The Morgan fingerprint density at radius 1 is 1.24 bits per heavy atom. The number of carbonyl (C=O) groups is 1. The first-order chi connectivity index (χ1) is 8.00.